The van der Waals surface area contributed by atoms with Gasteiger partial charge >= 0.3 is 5.76 Å². The van der Waals surface area contributed by atoms with Crippen LogP contribution in [0, 0.1) is 5.82 Å². The van der Waals surface area contributed by atoms with Crippen LogP contribution in [0.25, 0.3) is 32.9 Å². The highest BCUT2D eigenvalue weighted by molar-refractivity contribution is 7.13. The lowest BCUT2D eigenvalue weighted by molar-refractivity contribution is 0.555. The molecule has 25 heavy (non-hydrogen) atoms. The summed E-state index contributed by atoms with van der Waals surface area (Å²) in [5, 5.41) is 2.74. The molecule has 124 valence electrons. The van der Waals surface area contributed by atoms with Crippen molar-refractivity contribution >= 4 is 22.4 Å². The van der Waals surface area contributed by atoms with Crippen molar-refractivity contribution in [2.75, 3.05) is 0 Å². The average Bonchev–Trinajstić information content (AvgIpc) is 3.20. The van der Waals surface area contributed by atoms with E-state index in [1.165, 1.54) is 23.5 Å². The van der Waals surface area contributed by atoms with Crippen molar-refractivity contribution in [3.8, 4) is 21.8 Å². The van der Waals surface area contributed by atoms with E-state index in [4.69, 9.17) is 4.42 Å². The molecule has 0 fully saturated rings. The smallest absolute Gasteiger partial charge is 0.408 e. The predicted octanol–water partition coefficient (Wildman–Crippen LogP) is 4.78. The SMILES string of the molecule is C=CCc1cc(F)ccc1-c1nc(-c2ccc3[nH]c(=O)oc3c2)cs1. The lowest BCUT2D eigenvalue weighted by Gasteiger charge is -2.05. The molecule has 0 unspecified atom stereocenters. The highest BCUT2D eigenvalue weighted by atomic mass is 32.1. The molecular weight excluding hydrogens is 339 g/mol. The second-order valence-electron chi connectivity index (χ2n) is 5.56. The Morgan fingerprint density at radius 1 is 1.28 bits per heavy atom. The van der Waals surface area contributed by atoms with Crippen molar-refractivity contribution in [3.05, 3.63) is 76.4 Å². The first-order valence-electron chi connectivity index (χ1n) is 7.62. The minimum absolute atomic E-state index is 0.273. The van der Waals surface area contributed by atoms with Gasteiger partial charge in [-0.1, -0.05) is 12.1 Å². The number of benzene rings is 2. The van der Waals surface area contributed by atoms with Gasteiger partial charge in [0.05, 0.1) is 11.2 Å². The summed E-state index contributed by atoms with van der Waals surface area (Å²) in [4.78, 5) is 18.6. The van der Waals surface area contributed by atoms with E-state index >= 15 is 0 Å². The van der Waals surface area contributed by atoms with Crippen molar-refractivity contribution in [2.24, 2.45) is 0 Å². The second kappa shape index (κ2) is 6.14. The van der Waals surface area contributed by atoms with Crippen molar-refractivity contribution in [1.29, 1.82) is 0 Å². The maximum atomic E-state index is 13.5. The van der Waals surface area contributed by atoms with Gasteiger partial charge in [0.25, 0.3) is 0 Å². The van der Waals surface area contributed by atoms with Crippen LogP contribution in [0.15, 0.2) is 63.6 Å². The van der Waals surface area contributed by atoms with Crippen molar-refractivity contribution in [1.82, 2.24) is 9.97 Å². The van der Waals surface area contributed by atoms with Crippen LogP contribution in [0.4, 0.5) is 4.39 Å². The number of nitrogens with zero attached hydrogens (tertiary/aromatic N) is 1. The molecule has 0 amide bonds. The van der Waals surface area contributed by atoms with Crippen molar-refractivity contribution in [2.45, 2.75) is 6.42 Å². The van der Waals surface area contributed by atoms with E-state index in [1.54, 1.807) is 24.3 Å². The third-order valence-corrected chi connectivity index (χ3v) is 4.76. The van der Waals surface area contributed by atoms with Crippen LogP contribution >= 0.6 is 11.3 Å². The molecular formula is C19H13FN2O2S. The fraction of sp³-hybridized carbons (Fsp3) is 0.0526. The summed E-state index contributed by atoms with van der Waals surface area (Å²) in [6, 6.07) is 10.1. The number of thiazole rings is 1. The fourth-order valence-electron chi connectivity index (χ4n) is 2.73. The molecule has 0 aliphatic carbocycles. The van der Waals surface area contributed by atoms with Gasteiger partial charge < -0.3 is 4.42 Å². The monoisotopic (exact) mass is 352 g/mol. The molecule has 4 nitrogen and oxygen atoms in total. The number of rotatable bonds is 4. The highest BCUT2D eigenvalue weighted by Gasteiger charge is 2.12. The van der Waals surface area contributed by atoms with E-state index in [2.05, 4.69) is 16.5 Å². The Morgan fingerprint density at radius 2 is 2.16 bits per heavy atom. The molecule has 0 aliphatic heterocycles. The Hall–Kier alpha value is -2.99. The van der Waals surface area contributed by atoms with Gasteiger partial charge in [0.2, 0.25) is 0 Å². The zero-order valence-electron chi connectivity index (χ0n) is 13.1. The number of hydrogen-bond acceptors (Lipinski definition) is 4. The van der Waals surface area contributed by atoms with Gasteiger partial charge in [-0.2, -0.15) is 0 Å². The zero-order chi connectivity index (χ0) is 17.4. The van der Waals surface area contributed by atoms with Gasteiger partial charge in [0, 0.05) is 16.5 Å². The normalized spacial score (nSPS) is 11.1. The van der Waals surface area contributed by atoms with Gasteiger partial charge in [-0.05, 0) is 42.3 Å². The number of allylic oxidation sites excluding steroid dienone is 1. The highest BCUT2D eigenvalue weighted by Crippen LogP contribution is 2.32. The maximum Gasteiger partial charge on any atom is 0.417 e. The molecule has 6 heteroatoms. The molecule has 2 aromatic heterocycles. The molecule has 2 heterocycles. The van der Waals surface area contributed by atoms with E-state index in [0.29, 0.717) is 17.5 Å². The van der Waals surface area contributed by atoms with Crippen LogP contribution < -0.4 is 5.76 Å². The molecule has 4 rings (SSSR count). The van der Waals surface area contributed by atoms with Crippen molar-refractivity contribution < 1.29 is 8.81 Å². The number of H-pyrrole nitrogens is 1. The van der Waals surface area contributed by atoms with Gasteiger partial charge in [0.15, 0.2) is 5.58 Å². The van der Waals surface area contributed by atoms with Crippen LogP contribution in [0.3, 0.4) is 0 Å². The summed E-state index contributed by atoms with van der Waals surface area (Å²) in [5.74, 6) is -0.753. The summed E-state index contributed by atoms with van der Waals surface area (Å²) in [6.07, 6.45) is 2.32. The Labute approximate surface area is 146 Å². The Bertz CT molecular complexity index is 1140. The minimum Gasteiger partial charge on any atom is -0.408 e. The largest absolute Gasteiger partial charge is 0.417 e. The standard InChI is InChI=1S/C19H13FN2O2S/c1-2-3-11-8-13(20)5-6-14(11)18-21-16(10-25-18)12-4-7-15-17(9-12)24-19(23)22-15/h2,4-10H,1,3H2,(H,22,23). The first kappa shape index (κ1) is 15.5. The number of fused-ring (bicyclic) bond motifs is 1. The third-order valence-electron chi connectivity index (χ3n) is 3.88. The molecule has 0 saturated carbocycles. The summed E-state index contributed by atoms with van der Waals surface area (Å²) in [5.41, 5.74) is 4.52. The summed E-state index contributed by atoms with van der Waals surface area (Å²) in [6.45, 7) is 3.73. The lowest BCUT2D eigenvalue weighted by Crippen LogP contribution is -1.92. The fourth-order valence-corrected chi connectivity index (χ4v) is 3.62. The molecule has 4 aromatic rings. The molecule has 2 aromatic carbocycles. The number of hydrogen-bond donors (Lipinski definition) is 1. The van der Waals surface area contributed by atoms with Crippen LogP contribution in [0.1, 0.15) is 5.56 Å². The van der Waals surface area contributed by atoms with E-state index < -0.39 is 5.76 Å². The summed E-state index contributed by atoms with van der Waals surface area (Å²) >= 11 is 1.49. The maximum absolute atomic E-state index is 13.5. The molecule has 0 saturated heterocycles. The average molecular weight is 352 g/mol. The van der Waals surface area contributed by atoms with E-state index in [-0.39, 0.29) is 5.82 Å². The number of aromatic nitrogens is 2. The quantitative estimate of drug-likeness (QED) is 0.538. The number of nitrogens with one attached hydrogen (secondary N) is 1. The van der Waals surface area contributed by atoms with E-state index in [0.717, 1.165) is 27.4 Å². The Balaban J connectivity index is 1.76. The number of aromatic amines is 1. The van der Waals surface area contributed by atoms with Crippen LogP contribution in [-0.4, -0.2) is 9.97 Å². The first-order chi connectivity index (χ1) is 12.1. The van der Waals surface area contributed by atoms with E-state index in [9.17, 15) is 9.18 Å². The van der Waals surface area contributed by atoms with Gasteiger partial charge in [0.1, 0.15) is 10.8 Å². The molecule has 0 atom stereocenters. The van der Waals surface area contributed by atoms with Crippen LogP contribution in [-0.2, 0) is 6.42 Å². The molecule has 0 radical (unpaired) electrons. The first-order valence-corrected chi connectivity index (χ1v) is 8.50. The minimum atomic E-state index is -0.480. The lowest BCUT2D eigenvalue weighted by atomic mass is 10.0. The topological polar surface area (TPSA) is 58.9 Å². The number of oxazole rings is 1. The molecule has 0 spiro atoms. The third kappa shape index (κ3) is 2.92. The van der Waals surface area contributed by atoms with Crippen LogP contribution in [0.2, 0.25) is 0 Å². The van der Waals surface area contributed by atoms with Crippen molar-refractivity contribution in [3.63, 3.8) is 0 Å². The van der Waals surface area contributed by atoms with E-state index in [1.807, 2.05) is 11.4 Å². The van der Waals surface area contributed by atoms with Crippen LogP contribution in [0.5, 0.6) is 0 Å². The van der Waals surface area contributed by atoms with Gasteiger partial charge in [-0.15, -0.1) is 17.9 Å². The molecule has 1 N–H and O–H groups in total. The van der Waals surface area contributed by atoms with Gasteiger partial charge in [-0.3, -0.25) is 4.98 Å². The summed E-state index contributed by atoms with van der Waals surface area (Å²) < 4.78 is 18.6. The Kier molecular flexibility index (Phi) is 3.82. The predicted molar refractivity (Wildman–Crippen MR) is 97.2 cm³/mol. The molecule has 0 bridgehead atoms. The van der Waals surface area contributed by atoms with Gasteiger partial charge in [-0.25, -0.2) is 14.2 Å². The Morgan fingerprint density at radius 3 is 3.00 bits per heavy atom. The zero-order valence-corrected chi connectivity index (χ0v) is 13.9. The second-order valence-corrected chi connectivity index (χ2v) is 6.42. The number of halogens is 1. The summed E-state index contributed by atoms with van der Waals surface area (Å²) in [7, 11) is 0. The molecule has 0 aliphatic rings.